The Morgan fingerprint density at radius 1 is 1.33 bits per heavy atom. The van der Waals surface area contributed by atoms with E-state index in [1.165, 1.54) is 4.31 Å². The lowest BCUT2D eigenvalue weighted by Crippen LogP contribution is -2.37. The van der Waals surface area contributed by atoms with E-state index < -0.39 is 10.0 Å². The van der Waals surface area contributed by atoms with Crippen LogP contribution in [-0.2, 0) is 14.8 Å². The molecule has 18 heavy (non-hydrogen) atoms. The summed E-state index contributed by atoms with van der Waals surface area (Å²) in [6.45, 7) is 4.90. The van der Waals surface area contributed by atoms with E-state index in [1.54, 1.807) is 12.1 Å². The first-order chi connectivity index (χ1) is 8.55. The van der Waals surface area contributed by atoms with Crippen LogP contribution in [0.15, 0.2) is 29.2 Å². The van der Waals surface area contributed by atoms with E-state index in [0.29, 0.717) is 18.0 Å². The number of rotatable bonds is 4. The summed E-state index contributed by atoms with van der Waals surface area (Å²) in [5, 5.41) is 0. The maximum absolute atomic E-state index is 12.5. The number of aryl methyl sites for hydroxylation is 1. The zero-order valence-corrected chi connectivity index (χ0v) is 11.6. The minimum atomic E-state index is -3.42. The van der Waals surface area contributed by atoms with Gasteiger partial charge in [-0.15, -0.1) is 0 Å². The Morgan fingerprint density at radius 2 is 2.00 bits per heavy atom. The van der Waals surface area contributed by atoms with Gasteiger partial charge in [0.15, 0.2) is 0 Å². The van der Waals surface area contributed by atoms with Crippen LogP contribution in [0.3, 0.4) is 0 Å². The van der Waals surface area contributed by atoms with Gasteiger partial charge in [-0.05, 0) is 38.8 Å². The average molecular weight is 269 g/mol. The van der Waals surface area contributed by atoms with E-state index in [0.717, 1.165) is 18.4 Å². The molecule has 100 valence electrons. The van der Waals surface area contributed by atoms with Crippen LogP contribution in [0.1, 0.15) is 25.3 Å². The summed E-state index contributed by atoms with van der Waals surface area (Å²) in [6, 6.07) is 6.95. The fourth-order valence-electron chi connectivity index (χ4n) is 2.19. The molecular weight excluding hydrogens is 250 g/mol. The van der Waals surface area contributed by atoms with Crippen LogP contribution in [0, 0.1) is 6.92 Å². The molecule has 0 saturated carbocycles. The zero-order chi connectivity index (χ0) is 13.2. The van der Waals surface area contributed by atoms with E-state index in [-0.39, 0.29) is 6.23 Å². The van der Waals surface area contributed by atoms with Crippen molar-refractivity contribution in [3.8, 4) is 0 Å². The summed E-state index contributed by atoms with van der Waals surface area (Å²) in [5.74, 6) is 0. The monoisotopic (exact) mass is 269 g/mol. The molecule has 0 aromatic heterocycles. The molecule has 1 heterocycles. The van der Waals surface area contributed by atoms with Gasteiger partial charge >= 0.3 is 0 Å². The maximum Gasteiger partial charge on any atom is 0.245 e. The molecule has 1 aromatic carbocycles. The van der Waals surface area contributed by atoms with Crippen LogP contribution in [0.5, 0.6) is 0 Å². The Hall–Kier alpha value is -0.910. The van der Waals surface area contributed by atoms with Gasteiger partial charge in [0, 0.05) is 13.2 Å². The molecule has 0 radical (unpaired) electrons. The Morgan fingerprint density at radius 3 is 2.61 bits per heavy atom. The number of hydrogen-bond acceptors (Lipinski definition) is 3. The van der Waals surface area contributed by atoms with Gasteiger partial charge in [0.1, 0.15) is 6.23 Å². The first kappa shape index (κ1) is 13.5. The molecule has 1 atom stereocenters. The highest BCUT2D eigenvalue weighted by Crippen LogP contribution is 2.26. The summed E-state index contributed by atoms with van der Waals surface area (Å²) >= 11 is 0. The van der Waals surface area contributed by atoms with E-state index in [9.17, 15) is 8.42 Å². The second kappa shape index (κ2) is 5.38. The topological polar surface area (TPSA) is 46.6 Å². The maximum atomic E-state index is 12.5. The third-order valence-corrected chi connectivity index (χ3v) is 5.04. The summed E-state index contributed by atoms with van der Waals surface area (Å²) in [6.07, 6.45) is 1.33. The van der Waals surface area contributed by atoms with Crippen molar-refractivity contribution >= 4 is 10.0 Å². The Labute approximate surface area is 109 Å². The SMILES string of the molecule is CCOC1CCCN1S(=O)(=O)c1ccc(C)cc1. The molecule has 0 amide bonds. The predicted molar refractivity (Wildman–Crippen MR) is 69.7 cm³/mol. The molecule has 1 unspecified atom stereocenters. The van der Waals surface area contributed by atoms with Crippen molar-refractivity contribution in [3.05, 3.63) is 29.8 Å². The molecule has 0 bridgehead atoms. The Kier molecular flexibility index (Phi) is 4.04. The zero-order valence-electron chi connectivity index (χ0n) is 10.8. The lowest BCUT2D eigenvalue weighted by Gasteiger charge is -2.23. The largest absolute Gasteiger partial charge is 0.362 e. The fourth-order valence-corrected chi connectivity index (χ4v) is 3.79. The highest BCUT2D eigenvalue weighted by Gasteiger charge is 2.35. The summed E-state index contributed by atoms with van der Waals surface area (Å²) in [5.41, 5.74) is 1.05. The van der Waals surface area contributed by atoms with Crippen molar-refractivity contribution in [2.75, 3.05) is 13.2 Å². The molecule has 2 rings (SSSR count). The molecule has 1 fully saturated rings. The van der Waals surface area contributed by atoms with Crippen molar-refractivity contribution in [1.29, 1.82) is 0 Å². The second-order valence-corrected chi connectivity index (χ2v) is 6.37. The minimum Gasteiger partial charge on any atom is -0.362 e. The number of benzene rings is 1. The quantitative estimate of drug-likeness (QED) is 0.841. The van der Waals surface area contributed by atoms with E-state index >= 15 is 0 Å². The standard InChI is InChI=1S/C13H19NO3S/c1-3-17-13-5-4-10-14(13)18(15,16)12-8-6-11(2)7-9-12/h6-9,13H,3-5,10H2,1-2H3. The van der Waals surface area contributed by atoms with E-state index in [4.69, 9.17) is 4.74 Å². The average Bonchev–Trinajstić information content (AvgIpc) is 2.79. The van der Waals surface area contributed by atoms with Crippen molar-refractivity contribution in [1.82, 2.24) is 4.31 Å². The number of nitrogens with zero attached hydrogens (tertiary/aromatic N) is 1. The Bertz CT molecular complexity index is 495. The van der Waals surface area contributed by atoms with Crippen molar-refractivity contribution in [2.24, 2.45) is 0 Å². The van der Waals surface area contributed by atoms with Crippen molar-refractivity contribution in [2.45, 2.75) is 37.8 Å². The molecule has 1 aliphatic heterocycles. The van der Waals surface area contributed by atoms with Crippen LogP contribution in [-0.4, -0.2) is 32.1 Å². The van der Waals surface area contributed by atoms with Gasteiger partial charge in [0.05, 0.1) is 4.90 Å². The molecule has 1 aliphatic rings. The minimum absolute atomic E-state index is 0.304. The highest BCUT2D eigenvalue weighted by molar-refractivity contribution is 7.89. The molecule has 1 saturated heterocycles. The molecule has 0 N–H and O–H groups in total. The normalized spacial score (nSPS) is 21.3. The van der Waals surface area contributed by atoms with Gasteiger partial charge in [-0.2, -0.15) is 4.31 Å². The van der Waals surface area contributed by atoms with Crippen molar-refractivity contribution < 1.29 is 13.2 Å². The number of sulfonamides is 1. The van der Waals surface area contributed by atoms with Crippen molar-refractivity contribution in [3.63, 3.8) is 0 Å². The first-order valence-corrected chi connectivity index (χ1v) is 7.70. The van der Waals surface area contributed by atoms with Gasteiger partial charge in [-0.25, -0.2) is 8.42 Å². The smallest absolute Gasteiger partial charge is 0.245 e. The number of ether oxygens (including phenoxy) is 1. The summed E-state index contributed by atoms with van der Waals surface area (Å²) in [7, 11) is -3.42. The third-order valence-electron chi connectivity index (χ3n) is 3.14. The van der Waals surface area contributed by atoms with Gasteiger partial charge in [0.25, 0.3) is 0 Å². The van der Waals surface area contributed by atoms with E-state index in [1.807, 2.05) is 26.0 Å². The van der Waals surface area contributed by atoms with Gasteiger partial charge < -0.3 is 4.74 Å². The third kappa shape index (κ3) is 2.58. The molecule has 0 aliphatic carbocycles. The first-order valence-electron chi connectivity index (χ1n) is 6.26. The fraction of sp³-hybridized carbons (Fsp3) is 0.538. The lowest BCUT2D eigenvalue weighted by atomic mass is 10.2. The number of hydrogen-bond donors (Lipinski definition) is 0. The molecule has 1 aromatic rings. The van der Waals surface area contributed by atoms with E-state index in [2.05, 4.69) is 0 Å². The Balaban J connectivity index is 2.27. The van der Waals surface area contributed by atoms with Gasteiger partial charge in [-0.3, -0.25) is 0 Å². The van der Waals surface area contributed by atoms with Gasteiger partial charge in [0.2, 0.25) is 10.0 Å². The summed E-state index contributed by atoms with van der Waals surface area (Å²) < 4.78 is 31.9. The molecule has 0 spiro atoms. The summed E-state index contributed by atoms with van der Waals surface area (Å²) in [4.78, 5) is 0.347. The van der Waals surface area contributed by atoms with Crippen LogP contribution in [0.25, 0.3) is 0 Å². The second-order valence-electron chi connectivity index (χ2n) is 4.48. The van der Waals surface area contributed by atoms with Crippen LogP contribution in [0.2, 0.25) is 0 Å². The molecule has 4 nitrogen and oxygen atoms in total. The lowest BCUT2D eigenvalue weighted by molar-refractivity contribution is 0.00908. The predicted octanol–water partition coefficient (Wildman–Crippen LogP) is 2.14. The van der Waals surface area contributed by atoms with Crippen LogP contribution in [0.4, 0.5) is 0 Å². The molecular formula is C13H19NO3S. The highest BCUT2D eigenvalue weighted by atomic mass is 32.2. The van der Waals surface area contributed by atoms with Crippen LogP contribution >= 0.6 is 0 Å². The molecule has 5 heteroatoms. The van der Waals surface area contributed by atoms with Gasteiger partial charge in [-0.1, -0.05) is 17.7 Å². The van der Waals surface area contributed by atoms with Crippen LogP contribution < -0.4 is 0 Å².